The lowest BCUT2D eigenvalue weighted by atomic mass is 10.2. The van der Waals surface area contributed by atoms with Crippen LogP contribution in [0.2, 0.25) is 0 Å². The third kappa shape index (κ3) is 3.34. The Morgan fingerprint density at radius 3 is 3.12 bits per heavy atom. The molecular weight excluding hydrogens is 236 g/mol. The van der Waals surface area contributed by atoms with E-state index >= 15 is 0 Å². The number of aromatic nitrogens is 3. The van der Waals surface area contributed by atoms with Crippen molar-refractivity contribution in [1.29, 1.82) is 0 Å². The molecule has 2 aromatic heterocycles. The van der Waals surface area contributed by atoms with Gasteiger partial charge in [-0.25, -0.2) is 0 Å². The second-order valence-electron chi connectivity index (χ2n) is 3.94. The van der Waals surface area contributed by atoms with Gasteiger partial charge in [0.25, 0.3) is 0 Å². The molecule has 0 spiro atoms. The van der Waals surface area contributed by atoms with Crippen molar-refractivity contribution in [2.75, 3.05) is 6.54 Å². The average molecular weight is 252 g/mol. The number of hydrogen-bond donors (Lipinski definition) is 1. The molecule has 0 aliphatic carbocycles. The van der Waals surface area contributed by atoms with Crippen LogP contribution in [0.5, 0.6) is 0 Å². The summed E-state index contributed by atoms with van der Waals surface area (Å²) in [4.78, 5) is 9.29. The van der Waals surface area contributed by atoms with Crippen LogP contribution in [-0.4, -0.2) is 27.7 Å². The van der Waals surface area contributed by atoms with Crippen LogP contribution < -0.4 is 5.32 Å². The molecule has 1 atom stereocenters. The quantitative estimate of drug-likeness (QED) is 0.853. The van der Waals surface area contributed by atoms with Gasteiger partial charge in [-0.05, 0) is 19.9 Å². The first-order chi connectivity index (χ1) is 8.29. The highest BCUT2D eigenvalue weighted by molar-refractivity contribution is 7.13. The largest absolute Gasteiger partial charge is 0.339 e. The first kappa shape index (κ1) is 12.2. The molecule has 6 heteroatoms. The number of thiazole rings is 1. The molecule has 1 unspecified atom stereocenters. The zero-order chi connectivity index (χ0) is 12.1. The molecular formula is C11H16N4OS. The molecule has 0 saturated heterocycles. The fraction of sp³-hybridized carbons (Fsp3) is 0.545. The highest BCUT2D eigenvalue weighted by Crippen LogP contribution is 2.19. The van der Waals surface area contributed by atoms with Crippen molar-refractivity contribution < 1.29 is 4.52 Å². The van der Waals surface area contributed by atoms with E-state index in [2.05, 4.69) is 34.3 Å². The molecule has 0 saturated carbocycles. The van der Waals surface area contributed by atoms with Gasteiger partial charge in [0.05, 0.1) is 10.4 Å². The van der Waals surface area contributed by atoms with Crippen LogP contribution in [-0.2, 0) is 6.42 Å². The van der Waals surface area contributed by atoms with Crippen molar-refractivity contribution in [3.8, 4) is 10.7 Å². The van der Waals surface area contributed by atoms with Crippen LogP contribution >= 0.6 is 11.3 Å². The summed E-state index contributed by atoms with van der Waals surface area (Å²) in [6, 6.07) is 0.352. The zero-order valence-electron chi connectivity index (χ0n) is 10.0. The standard InChI is InChI=1S/C11H16N4OS/c1-3-4-13-8(2)5-10-14-11(15-16-10)9-6-12-7-17-9/h6-8,13H,3-5H2,1-2H3. The van der Waals surface area contributed by atoms with Crippen LogP contribution in [0.15, 0.2) is 16.2 Å². The van der Waals surface area contributed by atoms with Crippen molar-refractivity contribution >= 4 is 11.3 Å². The molecule has 2 rings (SSSR count). The van der Waals surface area contributed by atoms with Gasteiger partial charge in [-0.1, -0.05) is 12.1 Å². The van der Waals surface area contributed by atoms with Gasteiger partial charge in [0.1, 0.15) is 0 Å². The van der Waals surface area contributed by atoms with E-state index in [0.29, 0.717) is 17.8 Å². The summed E-state index contributed by atoms with van der Waals surface area (Å²) in [7, 11) is 0. The summed E-state index contributed by atoms with van der Waals surface area (Å²) in [6.07, 6.45) is 3.63. The number of rotatable bonds is 6. The summed E-state index contributed by atoms with van der Waals surface area (Å²) in [5.41, 5.74) is 1.76. The topological polar surface area (TPSA) is 63.8 Å². The first-order valence-electron chi connectivity index (χ1n) is 5.74. The van der Waals surface area contributed by atoms with E-state index in [0.717, 1.165) is 24.3 Å². The Morgan fingerprint density at radius 2 is 2.41 bits per heavy atom. The molecule has 2 heterocycles. The fourth-order valence-electron chi connectivity index (χ4n) is 1.49. The Labute approximate surface area is 104 Å². The summed E-state index contributed by atoms with van der Waals surface area (Å²) in [5, 5.41) is 7.34. The van der Waals surface area contributed by atoms with Crippen LogP contribution in [0.1, 0.15) is 26.2 Å². The van der Waals surface area contributed by atoms with Crippen LogP contribution in [0.3, 0.4) is 0 Å². The van der Waals surface area contributed by atoms with Gasteiger partial charge in [0.2, 0.25) is 11.7 Å². The molecule has 0 radical (unpaired) electrons. The van der Waals surface area contributed by atoms with Crippen molar-refractivity contribution in [2.24, 2.45) is 0 Å². The van der Waals surface area contributed by atoms with E-state index in [1.54, 1.807) is 11.7 Å². The lowest BCUT2D eigenvalue weighted by molar-refractivity contribution is 0.362. The Morgan fingerprint density at radius 1 is 1.53 bits per heavy atom. The van der Waals surface area contributed by atoms with Gasteiger partial charge in [-0.2, -0.15) is 4.98 Å². The summed E-state index contributed by atoms with van der Waals surface area (Å²) < 4.78 is 5.22. The van der Waals surface area contributed by atoms with Crippen LogP contribution in [0.4, 0.5) is 0 Å². The summed E-state index contributed by atoms with van der Waals surface area (Å²) >= 11 is 1.51. The second-order valence-corrected chi connectivity index (χ2v) is 4.82. The summed E-state index contributed by atoms with van der Waals surface area (Å²) in [5.74, 6) is 1.30. The summed E-state index contributed by atoms with van der Waals surface area (Å²) in [6.45, 7) is 5.28. The molecule has 2 aromatic rings. The van der Waals surface area contributed by atoms with Crippen LogP contribution in [0.25, 0.3) is 10.7 Å². The Bertz CT molecular complexity index is 440. The molecule has 0 amide bonds. The molecule has 5 nitrogen and oxygen atoms in total. The predicted octanol–water partition coefficient (Wildman–Crippen LogP) is 2.12. The Hall–Kier alpha value is -1.27. The van der Waals surface area contributed by atoms with Crippen molar-refractivity contribution in [3.63, 3.8) is 0 Å². The predicted molar refractivity (Wildman–Crippen MR) is 66.9 cm³/mol. The maximum absolute atomic E-state index is 5.22. The van der Waals surface area contributed by atoms with Crippen molar-refractivity contribution in [1.82, 2.24) is 20.4 Å². The lowest BCUT2D eigenvalue weighted by Gasteiger charge is -2.09. The Balaban J connectivity index is 1.94. The van der Waals surface area contributed by atoms with E-state index in [4.69, 9.17) is 4.52 Å². The average Bonchev–Trinajstić information content (AvgIpc) is 2.95. The van der Waals surface area contributed by atoms with E-state index in [1.807, 2.05) is 0 Å². The monoisotopic (exact) mass is 252 g/mol. The SMILES string of the molecule is CCCNC(C)Cc1nc(-c2cncs2)no1. The first-order valence-corrected chi connectivity index (χ1v) is 6.62. The molecule has 17 heavy (non-hydrogen) atoms. The minimum atomic E-state index is 0.352. The minimum Gasteiger partial charge on any atom is -0.339 e. The van der Waals surface area contributed by atoms with Gasteiger partial charge >= 0.3 is 0 Å². The van der Waals surface area contributed by atoms with E-state index < -0.39 is 0 Å². The normalized spacial score (nSPS) is 12.8. The van der Waals surface area contributed by atoms with Gasteiger partial charge in [-0.3, -0.25) is 4.98 Å². The zero-order valence-corrected chi connectivity index (χ0v) is 10.8. The molecule has 0 aliphatic rings. The third-order valence-electron chi connectivity index (χ3n) is 2.34. The van der Waals surface area contributed by atoms with E-state index in [-0.39, 0.29) is 0 Å². The van der Waals surface area contributed by atoms with Crippen molar-refractivity contribution in [3.05, 3.63) is 17.6 Å². The highest BCUT2D eigenvalue weighted by atomic mass is 32.1. The maximum atomic E-state index is 5.22. The molecule has 92 valence electrons. The smallest absolute Gasteiger partial charge is 0.228 e. The second kappa shape index (κ2) is 5.88. The van der Waals surface area contributed by atoms with Crippen molar-refractivity contribution in [2.45, 2.75) is 32.7 Å². The molecule has 0 bridgehead atoms. The van der Waals surface area contributed by atoms with Crippen LogP contribution in [0, 0.1) is 0 Å². The molecule has 0 fully saturated rings. The number of hydrogen-bond acceptors (Lipinski definition) is 6. The third-order valence-corrected chi connectivity index (χ3v) is 3.11. The Kier molecular flexibility index (Phi) is 4.22. The molecule has 1 N–H and O–H groups in total. The van der Waals surface area contributed by atoms with Gasteiger partial charge in [-0.15, -0.1) is 11.3 Å². The number of nitrogens with zero attached hydrogens (tertiary/aromatic N) is 3. The van der Waals surface area contributed by atoms with Gasteiger partial charge < -0.3 is 9.84 Å². The number of nitrogens with one attached hydrogen (secondary N) is 1. The molecule has 0 aliphatic heterocycles. The van der Waals surface area contributed by atoms with Gasteiger partial charge in [0.15, 0.2) is 0 Å². The van der Waals surface area contributed by atoms with E-state index in [9.17, 15) is 0 Å². The van der Waals surface area contributed by atoms with E-state index in [1.165, 1.54) is 11.3 Å². The molecule has 0 aromatic carbocycles. The highest BCUT2D eigenvalue weighted by Gasteiger charge is 2.12. The lowest BCUT2D eigenvalue weighted by Crippen LogP contribution is -2.28. The fourth-order valence-corrected chi connectivity index (χ4v) is 2.03. The van der Waals surface area contributed by atoms with Gasteiger partial charge in [0, 0.05) is 18.7 Å². The minimum absolute atomic E-state index is 0.352. The maximum Gasteiger partial charge on any atom is 0.228 e.